The molecule has 0 saturated carbocycles. The van der Waals surface area contributed by atoms with Crippen LogP contribution in [0.4, 0.5) is 0 Å². The first-order chi connectivity index (χ1) is 5.85. The van der Waals surface area contributed by atoms with E-state index in [1.165, 1.54) is 0 Å². The maximum Gasteiger partial charge on any atom is 0.104 e. The smallest absolute Gasteiger partial charge is 0.104 e. The molecule has 1 unspecified atom stereocenters. The summed E-state index contributed by atoms with van der Waals surface area (Å²) in [5, 5.41) is 0. The molecule has 0 aromatic heterocycles. The zero-order chi connectivity index (χ0) is 9.23. The zero-order valence-electron chi connectivity index (χ0n) is 7.84. The Morgan fingerprint density at radius 1 is 1.25 bits per heavy atom. The molecular formula is C8H17O3Si. The summed E-state index contributed by atoms with van der Waals surface area (Å²) in [6.45, 7) is 1.97. The average Bonchev–Trinajstić information content (AvgIpc) is 2.10. The maximum absolute atomic E-state index is 5.34. The van der Waals surface area contributed by atoms with Crippen molar-refractivity contribution in [3.8, 4) is 0 Å². The molecule has 0 spiro atoms. The number of hydrogen-bond donors (Lipinski definition) is 0. The van der Waals surface area contributed by atoms with Crippen molar-refractivity contribution in [1.82, 2.24) is 0 Å². The van der Waals surface area contributed by atoms with E-state index in [1.54, 1.807) is 14.2 Å². The van der Waals surface area contributed by atoms with E-state index < -0.39 is 0 Å². The van der Waals surface area contributed by atoms with Gasteiger partial charge in [-0.2, -0.15) is 0 Å². The number of hydrogen-bond acceptors (Lipinski definition) is 3. The molecule has 1 atom stereocenters. The van der Waals surface area contributed by atoms with Crippen LogP contribution >= 0.6 is 0 Å². The fraction of sp³-hybridized carbons (Fsp3) is 1.00. The second-order valence-electron chi connectivity index (χ2n) is 2.49. The van der Waals surface area contributed by atoms with Gasteiger partial charge in [0, 0.05) is 31.1 Å². The van der Waals surface area contributed by atoms with Crippen LogP contribution in [0.25, 0.3) is 0 Å². The van der Waals surface area contributed by atoms with E-state index >= 15 is 0 Å². The molecule has 0 rings (SSSR count). The lowest BCUT2D eigenvalue weighted by Gasteiger charge is -2.13. The molecule has 0 bridgehead atoms. The van der Waals surface area contributed by atoms with E-state index in [-0.39, 0.29) is 6.10 Å². The van der Waals surface area contributed by atoms with E-state index in [9.17, 15) is 0 Å². The van der Waals surface area contributed by atoms with Crippen LogP contribution in [0, 0.1) is 0 Å². The van der Waals surface area contributed by atoms with Crippen LogP contribution in [0.2, 0.25) is 6.04 Å². The summed E-state index contributed by atoms with van der Waals surface area (Å²) in [6.07, 6.45) is 1.09. The topological polar surface area (TPSA) is 27.7 Å². The van der Waals surface area contributed by atoms with E-state index in [2.05, 4.69) is 10.2 Å². The van der Waals surface area contributed by atoms with E-state index in [0.717, 1.165) is 19.1 Å². The fourth-order valence-electron chi connectivity index (χ4n) is 0.759. The summed E-state index contributed by atoms with van der Waals surface area (Å²) in [4.78, 5) is 0. The third kappa shape index (κ3) is 6.79. The van der Waals surface area contributed by atoms with Gasteiger partial charge in [0.1, 0.15) is 6.10 Å². The highest BCUT2D eigenvalue weighted by Gasteiger charge is 2.05. The molecular weight excluding hydrogens is 172 g/mol. The van der Waals surface area contributed by atoms with Crippen molar-refractivity contribution in [2.24, 2.45) is 0 Å². The van der Waals surface area contributed by atoms with Crippen molar-refractivity contribution in [3.63, 3.8) is 0 Å². The molecule has 0 N–H and O–H groups in total. The molecule has 0 aromatic rings. The van der Waals surface area contributed by atoms with Gasteiger partial charge in [-0.05, 0) is 6.42 Å². The Balaban J connectivity index is 3.19. The van der Waals surface area contributed by atoms with Gasteiger partial charge in [-0.25, -0.2) is 0 Å². The van der Waals surface area contributed by atoms with Crippen LogP contribution in [0.15, 0.2) is 0 Å². The van der Waals surface area contributed by atoms with Crippen molar-refractivity contribution in [3.05, 3.63) is 0 Å². The van der Waals surface area contributed by atoms with Gasteiger partial charge >= 0.3 is 0 Å². The predicted octanol–water partition coefficient (Wildman–Crippen LogP) is 0.641. The molecule has 4 heteroatoms. The largest absolute Gasteiger partial charge is 0.382 e. The summed E-state index contributed by atoms with van der Waals surface area (Å²) >= 11 is 0. The van der Waals surface area contributed by atoms with Crippen molar-refractivity contribution < 1.29 is 14.2 Å². The standard InChI is InChI=1S/C8H17O3Si/c1-9-6-8(10-2)7-11-4-3-5-12/h8H,3-7H2,1-2H3. The quantitative estimate of drug-likeness (QED) is 0.414. The molecule has 0 amide bonds. The van der Waals surface area contributed by atoms with E-state index in [1.807, 2.05) is 0 Å². The molecule has 0 heterocycles. The molecule has 0 fully saturated rings. The Bertz CT molecular complexity index is 90.4. The third-order valence-electron chi connectivity index (χ3n) is 1.46. The molecule has 3 radical (unpaired) electrons. The number of ether oxygens (including phenoxy) is 3. The first-order valence-corrected chi connectivity index (χ1v) is 4.80. The van der Waals surface area contributed by atoms with Crippen LogP contribution < -0.4 is 0 Å². The minimum absolute atomic E-state index is 0.0599. The summed E-state index contributed by atoms with van der Waals surface area (Å²) in [5.41, 5.74) is 0. The van der Waals surface area contributed by atoms with Gasteiger partial charge in [0.15, 0.2) is 0 Å². The van der Waals surface area contributed by atoms with Gasteiger partial charge < -0.3 is 14.2 Å². The van der Waals surface area contributed by atoms with Crippen molar-refractivity contribution in [2.75, 3.05) is 34.0 Å². The lowest BCUT2D eigenvalue weighted by atomic mass is 10.4. The molecule has 0 aromatic carbocycles. The third-order valence-corrected chi connectivity index (χ3v) is 1.81. The van der Waals surface area contributed by atoms with E-state index in [0.29, 0.717) is 13.2 Å². The maximum atomic E-state index is 5.34. The molecule has 0 saturated heterocycles. The highest BCUT2D eigenvalue weighted by atomic mass is 28.1. The summed E-state index contributed by atoms with van der Waals surface area (Å²) in [7, 11) is 6.69. The van der Waals surface area contributed by atoms with Gasteiger partial charge in [0.2, 0.25) is 0 Å². The van der Waals surface area contributed by atoms with Crippen LogP contribution in [0.5, 0.6) is 0 Å². The summed E-state index contributed by atoms with van der Waals surface area (Å²) in [6, 6.07) is 0.974. The van der Waals surface area contributed by atoms with Crippen LogP contribution in [-0.4, -0.2) is 50.4 Å². The molecule has 12 heavy (non-hydrogen) atoms. The van der Waals surface area contributed by atoms with E-state index in [4.69, 9.17) is 14.2 Å². The van der Waals surface area contributed by atoms with Gasteiger partial charge in [-0.1, -0.05) is 6.04 Å². The Morgan fingerprint density at radius 3 is 2.50 bits per heavy atom. The Morgan fingerprint density at radius 2 is 2.00 bits per heavy atom. The molecule has 0 aliphatic heterocycles. The summed E-state index contributed by atoms with van der Waals surface area (Å²) < 4.78 is 15.4. The Kier molecular flexibility index (Phi) is 9.26. The van der Waals surface area contributed by atoms with Crippen molar-refractivity contribution in [2.45, 2.75) is 18.6 Å². The second kappa shape index (κ2) is 9.19. The summed E-state index contributed by atoms with van der Waals surface area (Å²) in [5.74, 6) is 0. The molecule has 71 valence electrons. The lowest BCUT2D eigenvalue weighted by Crippen LogP contribution is -2.23. The first kappa shape index (κ1) is 12.1. The minimum Gasteiger partial charge on any atom is -0.382 e. The predicted molar refractivity (Wildman–Crippen MR) is 48.7 cm³/mol. The van der Waals surface area contributed by atoms with Crippen LogP contribution in [0.1, 0.15) is 6.42 Å². The monoisotopic (exact) mass is 189 g/mol. The molecule has 0 aliphatic carbocycles. The highest BCUT2D eigenvalue weighted by Crippen LogP contribution is 1.94. The zero-order valence-corrected chi connectivity index (χ0v) is 8.84. The van der Waals surface area contributed by atoms with Gasteiger partial charge in [0.05, 0.1) is 13.2 Å². The number of methoxy groups -OCH3 is 2. The first-order valence-electron chi connectivity index (χ1n) is 4.09. The van der Waals surface area contributed by atoms with Crippen LogP contribution in [-0.2, 0) is 14.2 Å². The SMILES string of the molecule is COCC(COCCC[Si])OC. The van der Waals surface area contributed by atoms with Crippen molar-refractivity contribution in [1.29, 1.82) is 0 Å². The van der Waals surface area contributed by atoms with Gasteiger partial charge in [-0.15, -0.1) is 0 Å². The van der Waals surface area contributed by atoms with Crippen LogP contribution in [0.3, 0.4) is 0 Å². The second-order valence-corrected chi connectivity index (χ2v) is 2.99. The minimum atomic E-state index is 0.0599. The fourth-order valence-corrected chi connectivity index (χ4v) is 0.903. The molecule has 0 aliphatic rings. The number of rotatable bonds is 8. The highest BCUT2D eigenvalue weighted by molar-refractivity contribution is 6.08. The Hall–Kier alpha value is 0.0969. The Labute approximate surface area is 77.8 Å². The molecule has 3 nitrogen and oxygen atoms in total. The average molecular weight is 189 g/mol. The van der Waals surface area contributed by atoms with Gasteiger partial charge in [0.25, 0.3) is 0 Å². The normalized spacial score (nSPS) is 13.2. The van der Waals surface area contributed by atoms with Gasteiger partial charge in [-0.3, -0.25) is 0 Å². The van der Waals surface area contributed by atoms with Crippen molar-refractivity contribution >= 4 is 10.2 Å². The lowest BCUT2D eigenvalue weighted by molar-refractivity contribution is -0.0300.